The van der Waals surface area contributed by atoms with E-state index in [-0.39, 0.29) is 23.6 Å². The van der Waals surface area contributed by atoms with Gasteiger partial charge in [0.2, 0.25) is 0 Å². The summed E-state index contributed by atoms with van der Waals surface area (Å²) in [7, 11) is 0. The average Bonchev–Trinajstić information content (AvgIpc) is 2.88. The van der Waals surface area contributed by atoms with Crippen LogP contribution in [0.1, 0.15) is 15.2 Å². The van der Waals surface area contributed by atoms with Crippen molar-refractivity contribution in [1.29, 1.82) is 0 Å². The van der Waals surface area contributed by atoms with Gasteiger partial charge >= 0.3 is 0 Å². The van der Waals surface area contributed by atoms with Crippen LogP contribution in [0.5, 0.6) is 0 Å². The minimum Gasteiger partial charge on any atom is -0.301 e. The van der Waals surface area contributed by atoms with E-state index in [9.17, 15) is 19.7 Å². The number of aromatic nitrogens is 1. The molecule has 2 rings (SSSR count). The van der Waals surface area contributed by atoms with Crippen LogP contribution in [0.2, 0.25) is 0 Å². The molecule has 6 nitrogen and oxygen atoms in total. The molecule has 0 amide bonds. The minimum absolute atomic E-state index is 0.193. The predicted octanol–water partition coefficient (Wildman–Crippen LogP) is 2.01. The Balaban J connectivity index is 2.37. The quantitative estimate of drug-likeness (QED) is 0.486. The van der Waals surface area contributed by atoms with Crippen LogP contribution < -0.4 is 5.56 Å². The van der Waals surface area contributed by atoms with E-state index >= 15 is 0 Å². The second-order valence-corrected chi connectivity index (χ2v) is 4.92. The van der Waals surface area contributed by atoms with Gasteiger partial charge in [-0.2, -0.15) is 0 Å². The number of aryl methyl sites for hydroxylation is 1. The fourth-order valence-corrected chi connectivity index (χ4v) is 2.31. The van der Waals surface area contributed by atoms with Gasteiger partial charge in [0.25, 0.3) is 11.2 Å². The zero-order chi connectivity index (χ0) is 14.0. The lowest BCUT2D eigenvalue weighted by Crippen LogP contribution is -2.25. The van der Waals surface area contributed by atoms with Crippen molar-refractivity contribution in [3.8, 4) is 0 Å². The number of hydrogen-bond acceptors (Lipinski definition) is 5. The molecule has 0 aliphatic rings. The van der Waals surface area contributed by atoms with Crippen LogP contribution in [0.15, 0.2) is 34.6 Å². The third-order valence-electron chi connectivity index (χ3n) is 2.57. The molecule has 0 bridgehead atoms. The van der Waals surface area contributed by atoms with Gasteiger partial charge in [-0.25, -0.2) is 0 Å². The number of ketones is 1. The first-order valence-electron chi connectivity index (χ1n) is 5.41. The molecule has 0 aliphatic heterocycles. The average molecular weight is 278 g/mol. The number of Topliss-reactive ketones (excluding diaryl/α,β-unsaturated/α-hetero) is 1. The molecule has 0 atom stereocenters. The molecular weight excluding hydrogens is 268 g/mol. The molecule has 2 heterocycles. The lowest BCUT2D eigenvalue weighted by molar-refractivity contribution is -0.385. The van der Waals surface area contributed by atoms with Crippen molar-refractivity contribution < 1.29 is 9.72 Å². The van der Waals surface area contributed by atoms with Gasteiger partial charge in [-0.3, -0.25) is 19.7 Å². The monoisotopic (exact) mass is 278 g/mol. The van der Waals surface area contributed by atoms with Gasteiger partial charge < -0.3 is 4.57 Å². The van der Waals surface area contributed by atoms with Crippen LogP contribution in [-0.4, -0.2) is 15.3 Å². The van der Waals surface area contributed by atoms with Crippen molar-refractivity contribution in [3.05, 3.63) is 60.7 Å². The van der Waals surface area contributed by atoms with Crippen LogP contribution >= 0.6 is 11.3 Å². The fourth-order valence-electron chi connectivity index (χ4n) is 1.65. The van der Waals surface area contributed by atoms with Gasteiger partial charge in [0.1, 0.15) is 0 Å². The third-order valence-corrected chi connectivity index (χ3v) is 3.48. The van der Waals surface area contributed by atoms with Crippen molar-refractivity contribution in [2.24, 2.45) is 0 Å². The van der Waals surface area contributed by atoms with E-state index in [0.29, 0.717) is 4.88 Å². The Bertz CT molecular complexity index is 688. The zero-order valence-corrected chi connectivity index (χ0v) is 10.8. The SMILES string of the molecule is Cc1cc([N+](=O)[O-])cn(CC(=O)c2cccs2)c1=O. The number of thiophene rings is 1. The normalized spacial score (nSPS) is 10.4. The first kappa shape index (κ1) is 13.2. The van der Waals surface area contributed by atoms with E-state index in [1.54, 1.807) is 17.5 Å². The number of nitrogens with zero attached hydrogens (tertiary/aromatic N) is 2. The van der Waals surface area contributed by atoms with Gasteiger partial charge in [-0.15, -0.1) is 11.3 Å². The maximum absolute atomic E-state index is 11.9. The van der Waals surface area contributed by atoms with E-state index in [0.717, 1.165) is 10.8 Å². The van der Waals surface area contributed by atoms with E-state index in [4.69, 9.17) is 0 Å². The summed E-state index contributed by atoms with van der Waals surface area (Å²) in [5.74, 6) is -0.239. The molecule has 7 heteroatoms. The molecule has 0 spiro atoms. The Kier molecular flexibility index (Phi) is 3.57. The number of carbonyl (C=O) groups excluding carboxylic acids is 1. The molecule has 2 aromatic rings. The summed E-state index contributed by atoms with van der Waals surface area (Å²) < 4.78 is 1.08. The second-order valence-electron chi connectivity index (χ2n) is 3.97. The van der Waals surface area contributed by atoms with Crippen LogP contribution in [0.3, 0.4) is 0 Å². The molecule has 2 aromatic heterocycles. The molecule has 0 saturated heterocycles. The predicted molar refractivity (Wildman–Crippen MR) is 70.7 cm³/mol. The molecule has 0 fully saturated rings. The highest BCUT2D eigenvalue weighted by molar-refractivity contribution is 7.12. The van der Waals surface area contributed by atoms with Gasteiger partial charge in [0, 0.05) is 11.6 Å². The van der Waals surface area contributed by atoms with Gasteiger partial charge in [-0.05, 0) is 18.4 Å². The smallest absolute Gasteiger partial charge is 0.286 e. The summed E-state index contributed by atoms with van der Waals surface area (Å²) in [6.07, 6.45) is 1.10. The second kappa shape index (κ2) is 5.15. The summed E-state index contributed by atoms with van der Waals surface area (Å²) in [4.78, 5) is 34.4. The topological polar surface area (TPSA) is 82.2 Å². The molecule has 0 radical (unpaired) electrons. The lowest BCUT2D eigenvalue weighted by Gasteiger charge is -2.05. The molecule has 0 saturated carbocycles. The Labute approximate surface area is 112 Å². The lowest BCUT2D eigenvalue weighted by atomic mass is 10.2. The Morgan fingerprint density at radius 3 is 2.84 bits per heavy atom. The van der Waals surface area contributed by atoms with Crippen LogP contribution in [0.4, 0.5) is 5.69 Å². The molecule has 19 heavy (non-hydrogen) atoms. The van der Waals surface area contributed by atoms with Crippen molar-refractivity contribution in [2.45, 2.75) is 13.5 Å². The zero-order valence-electron chi connectivity index (χ0n) is 10.0. The Morgan fingerprint density at radius 2 is 2.26 bits per heavy atom. The first-order valence-corrected chi connectivity index (χ1v) is 6.29. The van der Waals surface area contributed by atoms with Gasteiger partial charge in [0.05, 0.1) is 22.5 Å². The summed E-state index contributed by atoms with van der Waals surface area (Å²) in [5, 5.41) is 12.5. The van der Waals surface area contributed by atoms with Gasteiger partial charge in [-0.1, -0.05) is 6.07 Å². The van der Waals surface area contributed by atoms with Crippen LogP contribution in [0, 0.1) is 17.0 Å². The molecular formula is C12H10N2O4S. The number of carbonyl (C=O) groups is 1. The van der Waals surface area contributed by atoms with Crippen molar-refractivity contribution >= 4 is 22.8 Å². The number of rotatable bonds is 4. The van der Waals surface area contributed by atoms with E-state index < -0.39 is 10.5 Å². The van der Waals surface area contributed by atoms with E-state index in [1.807, 2.05) is 0 Å². The highest BCUT2D eigenvalue weighted by Gasteiger charge is 2.14. The van der Waals surface area contributed by atoms with E-state index in [2.05, 4.69) is 0 Å². The summed E-state index contributed by atoms with van der Waals surface area (Å²) in [6.45, 7) is 1.29. The standard InChI is InChI=1S/C12H10N2O4S/c1-8-5-9(14(17)18)6-13(12(8)16)7-10(15)11-3-2-4-19-11/h2-6H,7H2,1H3. The van der Waals surface area contributed by atoms with Crippen molar-refractivity contribution in [2.75, 3.05) is 0 Å². The maximum atomic E-state index is 11.9. The minimum atomic E-state index is -0.585. The summed E-state index contributed by atoms with van der Waals surface area (Å²) in [5.41, 5.74) is -0.347. The molecule has 0 aliphatic carbocycles. The van der Waals surface area contributed by atoms with E-state index in [1.165, 1.54) is 24.3 Å². The third kappa shape index (κ3) is 2.76. The highest BCUT2D eigenvalue weighted by atomic mass is 32.1. The molecule has 0 N–H and O–H groups in total. The summed E-state index contributed by atoms with van der Waals surface area (Å²) in [6, 6.07) is 4.59. The van der Waals surface area contributed by atoms with Gasteiger partial charge in [0.15, 0.2) is 5.78 Å². The fraction of sp³-hybridized carbons (Fsp3) is 0.167. The van der Waals surface area contributed by atoms with Crippen molar-refractivity contribution in [3.63, 3.8) is 0 Å². The number of hydrogen-bond donors (Lipinski definition) is 0. The van der Waals surface area contributed by atoms with Crippen LogP contribution in [-0.2, 0) is 6.54 Å². The molecule has 0 unspecified atom stereocenters. The Morgan fingerprint density at radius 1 is 1.53 bits per heavy atom. The first-order chi connectivity index (χ1) is 8.99. The number of nitro groups is 1. The molecule has 98 valence electrons. The largest absolute Gasteiger partial charge is 0.301 e. The highest BCUT2D eigenvalue weighted by Crippen LogP contribution is 2.12. The maximum Gasteiger partial charge on any atom is 0.286 e. The van der Waals surface area contributed by atoms with Crippen LogP contribution in [0.25, 0.3) is 0 Å². The van der Waals surface area contributed by atoms with Crippen molar-refractivity contribution in [1.82, 2.24) is 4.57 Å². The summed E-state index contributed by atoms with van der Waals surface area (Å²) >= 11 is 1.27. The number of pyridine rings is 1. The Hall–Kier alpha value is -2.28. The molecule has 0 aromatic carbocycles.